The first-order valence-corrected chi connectivity index (χ1v) is 4.66. The van der Waals surface area contributed by atoms with Crippen molar-refractivity contribution in [3.05, 3.63) is 45.6 Å². The van der Waals surface area contributed by atoms with Crippen LogP contribution < -0.4 is 0 Å². The lowest BCUT2D eigenvalue weighted by Gasteiger charge is -2.02. The van der Waals surface area contributed by atoms with E-state index in [1.165, 1.54) is 6.08 Å². The van der Waals surface area contributed by atoms with Gasteiger partial charge in [-0.1, -0.05) is 18.7 Å². The zero-order valence-corrected chi connectivity index (χ0v) is 8.96. The van der Waals surface area contributed by atoms with Crippen LogP contribution in [0.15, 0.2) is 30.9 Å². The van der Waals surface area contributed by atoms with Crippen LogP contribution in [0.1, 0.15) is 15.9 Å². The van der Waals surface area contributed by atoms with Crippen LogP contribution in [0.4, 0.5) is 0 Å². The largest absolute Gasteiger partial charge is 0.289 e. The van der Waals surface area contributed by atoms with Gasteiger partial charge in [0.2, 0.25) is 0 Å². The van der Waals surface area contributed by atoms with Gasteiger partial charge in [0, 0.05) is 9.13 Å². The summed E-state index contributed by atoms with van der Waals surface area (Å²) in [5.41, 5.74) is 1.87. The Morgan fingerprint density at radius 2 is 2.25 bits per heavy atom. The fourth-order valence-electron chi connectivity index (χ4n) is 0.948. The molecule has 1 rings (SSSR count). The van der Waals surface area contributed by atoms with Crippen LogP contribution in [-0.2, 0) is 0 Å². The first-order valence-electron chi connectivity index (χ1n) is 3.58. The standard InChI is InChI=1S/C10H9IO/c1-3-9(12)8-6-4-5-7(2)10(8)11/h3-6H,1H2,2H3. The van der Waals surface area contributed by atoms with Crippen molar-refractivity contribution < 1.29 is 4.79 Å². The summed E-state index contributed by atoms with van der Waals surface area (Å²) in [4.78, 5) is 11.3. The lowest BCUT2D eigenvalue weighted by Crippen LogP contribution is -1.98. The second kappa shape index (κ2) is 3.85. The molecule has 0 aromatic heterocycles. The maximum atomic E-state index is 11.3. The van der Waals surface area contributed by atoms with E-state index in [0.717, 1.165) is 14.7 Å². The molecule has 1 nitrogen and oxygen atoms in total. The molecule has 0 heterocycles. The van der Waals surface area contributed by atoms with E-state index in [2.05, 4.69) is 29.2 Å². The number of halogens is 1. The number of benzene rings is 1. The summed E-state index contributed by atoms with van der Waals surface area (Å²) in [5.74, 6) is -0.0110. The molecule has 62 valence electrons. The summed E-state index contributed by atoms with van der Waals surface area (Å²) < 4.78 is 1.01. The smallest absolute Gasteiger partial charge is 0.186 e. The molecule has 0 bridgehead atoms. The molecule has 1 aromatic carbocycles. The predicted octanol–water partition coefficient (Wildman–Crippen LogP) is 2.97. The third kappa shape index (κ3) is 1.75. The number of aryl methyl sites for hydroxylation is 1. The Morgan fingerprint density at radius 1 is 1.58 bits per heavy atom. The highest BCUT2D eigenvalue weighted by Gasteiger charge is 2.06. The molecule has 12 heavy (non-hydrogen) atoms. The van der Waals surface area contributed by atoms with Crippen molar-refractivity contribution >= 4 is 28.4 Å². The highest BCUT2D eigenvalue weighted by Crippen LogP contribution is 2.17. The molecule has 0 amide bonds. The van der Waals surface area contributed by atoms with E-state index >= 15 is 0 Å². The van der Waals surface area contributed by atoms with Crippen molar-refractivity contribution in [3.8, 4) is 0 Å². The van der Waals surface area contributed by atoms with Gasteiger partial charge >= 0.3 is 0 Å². The minimum atomic E-state index is -0.0110. The number of rotatable bonds is 2. The number of carbonyl (C=O) groups is 1. The molecule has 0 unspecified atom stereocenters. The summed E-state index contributed by atoms with van der Waals surface area (Å²) in [7, 11) is 0. The number of hydrogen-bond donors (Lipinski definition) is 0. The monoisotopic (exact) mass is 272 g/mol. The van der Waals surface area contributed by atoms with E-state index in [4.69, 9.17) is 0 Å². The highest BCUT2D eigenvalue weighted by molar-refractivity contribution is 14.1. The average Bonchev–Trinajstić information content (AvgIpc) is 2.08. The first kappa shape index (κ1) is 9.45. The van der Waals surface area contributed by atoms with Crippen molar-refractivity contribution in [2.24, 2.45) is 0 Å². The summed E-state index contributed by atoms with van der Waals surface area (Å²) >= 11 is 2.17. The molecule has 0 aliphatic heterocycles. The molecule has 2 heteroatoms. The third-order valence-corrected chi connectivity index (χ3v) is 3.07. The van der Waals surface area contributed by atoms with Gasteiger partial charge in [-0.15, -0.1) is 0 Å². The Bertz CT molecular complexity index is 329. The van der Waals surface area contributed by atoms with E-state index in [1.807, 2.05) is 25.1 Å². The second-order valence-corrected chi connectivity index (χ2v) is 3.58. The van der Waals surface area contributed by atoms with Gasteiger partial charge in [-0.3, -0.25) is 4.79 Å². The van der Waals surface area contributed by atoms with Gasteiger partial charge < -0.3 is 0 Å². The maximum Gasteiger partial charge on any atom is 0.186 e. The van der Waals surface area contributed by atoms with Gasteiger partial charge in [-0.25, -0.2) is 0 Å². The molecular weight excluding hydrogens is 263 g/mol. The summed E-state index contributed by atoms with van der Waals surface area (Å²) in [6.45, 7) is 5.44. The number of carbonyl (C=O) groups excluding carboxylic acids is 1. The fraction of sp³-hybridized carbons (Fsp3) is 0.100. The van der Waals surface area contributed by atoms with Crippen molar-refractivity contribution in [2.75, 3.05) is 0 Å². The Morgan fingerprint density at radius 3 is 2.83 bits per heavy atom. The molecule has 0 aliphatic rings. The Hall–Kier alpha value is -0.640. The van der Waals surface area contributed by atoms with E-state index in [-0.39, 0.29) is 5.78 Å². The van der Waals surface area contributed by atoms with E-state index in [1.54, 1.807) is 0 Å². The fourth-order valence-corrected chi connectivity index (χ4v) is 1.57. The maximum absolute atomic E-state index is 11.3. The van der Waals surface area contributed by atoms with Crippen LogP contribution in [0, 0.1) is 10.5 Å². The lowest BCUT2D eigenvalue weighted by atomic mass is 10.1. The molecule has 0 N–H and O–H groups in total. The molecule has 0 radical (unpaired) electrons. The molecule has 0 atom stereocenters. The lowest BCUT2D eigenvalue weighted by molar-refractivity contribution is 0.104. The van der Waals surface area contributed by atoms with Crippen LogP contribution in [0.3, 0.4) is 0 Å². The predicted molar refractivity (Wildman–Crippen MR) is 58.4 cm³/mol. The molecule has 0 spiro atoms. The minimum Gasteiger partial charge on any atom is -0.289 e. The summed E-state index contributed by atoms with van der Waals surface area (Å²) in [6.07, 6.45) is 1.34. The highest BCUT2D eigenvalue weighted by atomic mass is 127. The van der Waals surface area contributed by atoms with Gasteiger partial charge in [0.25, 0.3) is 0 Å². The molecule has 0 aliphatic carbocycles. The van der Waals surface area contributed by atoms with E-state index < -0.39 is 0 Å². The topological polar surface area (TPSA) is 17.1 Å². The molecule has 0 fully saturated rings. The van der Waals surface area contributed by atoms with Gasteiger partial charge in [0.1, 0.15) is 0 Å². The molecule has 0 saturated heterocycles. The van der Waals surface area contributed by atoms with Crippen molar-refractivity contribution in [1.82, 2.24) is 0 Å². The van der Waals surface area contributed by atoms with Crippen LogP contribution >= 0.6 is 22.6 Å². The zero-order chi connectivity index (χ0) is 9.14. The van der Waals surface area contributed by atoms with Gasteiger partial charge in [0.05, 0.1) is 0 Å². The van der Waals surface area contributed by atoms with Gasteiger partial charge in [-0.2, -0.15) is 0 Å². The molecule has 1 aromatic rings. The Balaban J connectivity index is 3.25. The molecular formula is C10H9IO. The van der Waals surface area contributed by atoms with Crippen molar-refractivity contribution in [2.45, 2.75) is 6.92 Å². The van der Waals surface area contributed by atoms with Gasteiger partial charge in [-0.05, 0) is 47.2 Å². The van der Waals surface area contributed by atoms with Crippen LogP contribution in [0.2, 0.25) is 0 Å². The Kier molecular flexibility index (Phi) is 3.03. The zero-order valence-electron chi connectivity index (χ0n) is 6.80. The van der Waals surface area contributed by atoms with Gasteiger partial charge in [0.15, 0.2) is 5.78 Å². The normalized spacial score (nSPS) is 9.50. The van der Waals surface area contributed by atoms with Crippen molar-refractivity contribution in [1.29, 1.82) is 0 Å². The number of ketones is 1. The van der Waals surface area contributed by atoms with E-state index in [0.29, 0.717) is 0 Å². The van der Waals surface area contributed by atoms with E-state index in [9.17, 15) is 4.79 Å². The third-order valence-electron chi connectivity index (χ3n) is 1.64. The number of hydrogen-bond acceptors (Lipinski definition) is 1. The van der Waals surface area contributed by atoms with Crippen molar-refractivity contribution in [3.63, 3.8) is 0 Å². The molecule has 0 saturated carbocycles. The average molecular weight is 272 g/mol. The second-order valence-electron chi connectivity index (χ2n) is 2.50. The van der Waals surface area contributed by atoms with Crippen LogP contribution in [0.5, 0.6) is 0 Å². The summed E-state index contributed by atoms with van der Waals surface area (Å²) in [5, 5.41) is 0. The minimum absolute atomic E-state index is 0.0110. The quantitative estimate of drug-likeness (QED) is 0.459. The van der Waals surface area contributed by atoms with Crippen LogP contribution in [-0.4, -0.2) is 5.78 Å². The van der Waals surface area contributed by atoms with Crippen LogP contribution in [0.25, 0.3) is 0 Å². The number of allylic oxidation sites excluding steroid dienone is 1. The SMILES string of the molecule is C=CC(=O)c1cccc(C)c1I. The first-order chi connectivity index (χ1) is 5.66. The Labute approximate surface area is 85.6 Å². The summed E-state index contributed by atoms with van der Waals surface area (Å²) in [6, 6.07) is 5.69.